The van der Waals surface area contributed by atoms with Crippen molar-refractivity contribution in [2.24, 2.45) is 0 Å². The quantitative estimate of drug-likeness (QED) is 0.607. The van der Waals surface area contributed by atoms with E-state index in [1.807, 2.05) is 6.07 Å². The normalized spacial score (nSPS) is 12.9. The number of nitrogens with one attached hydrogen (secondary N) is 2. The zero-order valence-electron chi connectivity index (χ0n) is 12.5. The molecule has 1 heterocycles. The summed E-state index contributed by atoms with van der Waals surface area (Å²) in [5.74, 6) is 0. The van der Waals surface area contributed by atoms with Crippen LogP contribution in [0.15, 0.2) is 64.3 Å². The van der Waals surface area contributed by atoms with Crippen LogP contribution in [0.4, 0.5) is 0 Å². The lowest BCUT2D eigenvalue weighted by Gasteiger charge is -2.11. The second kappa shape index (κ2) is 5.95. The van der Waals surface area contributed by atoms with Crippen LogP contribution in [0, 0.1) is 0 Å². The minimum absolute atomic E-state index is 0.220. The molecule has 0 unspecified atom stereocenters. The van der Waals surface area contributed by atoms with Gasteiger partial charge in [0.2, 0.25) is 0 Å². The van der Waals surface area contributed by atoms with Gasteiger partial charge >= 0.3 is 0 Å². The van der Waals surface area contributed by atoms with Crippen molar-refractivity contribution in [3.63, 3.8) is 0 Å². The Kier molecular flexibility index (Phi) is 3.96. The Hall–Kier alpha value is -2.90. The highest BCUT2D eigenvalue weighted by Crippen LogP contribution is 2.26. The molecule has 3 aromatic rings. The molecular weight excluding hydrogens is 328 g/mol. The second-order valence-corrected chi connectivity index (χ2v) is 6.53. The Morgan fingerprint density at radius 3 is 2.17 bits per heavy atom. The van der Waals surface area contributed by atoms with Gasteiger partial charge in [0.05, 0.1) is 10.6 Å². The van der Waals surface area contributed by atoms with Crippen LogP contribution in [0.5, 0.6) is 0 Å². The molecule has 0 saturated heterocycles. The smallest absolute Gasteiger partial charge is 0.295 e. The molecule has 0 saturated carbocycles. The number of H-pyrrole nitrogens is 2. The van der Waals surface area contributed by atoms with Crippen molar-refractivity contribution in [1.82, 2.24) is 10.2 Å². The minimum atomic E-state index is -4.47. The Labute approximate surface area is 137 Å². The van der Waals surface area contributed by atoms with E-state index in [1.165, 1.54) is 18.2 Å². The molecule has 1 aromatic heterocycles. The van der Waals surface area contributed by atoms with E-state index in [-0.39, 0.29) is 15.7 Å². The third-order valence-electron chi connectivity index (χ3n) is 3.60. The van der Waals surface area contributed by atoms with Crippen molar-refractivity contribution in [2.75, 3.05) is 0 Å². The predicted molar refractivity (Wildman–Crippen MR) is 90.5 cm³/mol. The average molecular weight is 342 g/mol. The highest BCUT2D eigenvalue weighted by molar-refractivity contribution is 7.86. The standard InChI is InChI=1S/C17H14N2O4S/c1-11-15(17(20)19-18-11)16(12-7-3-2-4-8-12)13-9-5-6-10-14(13)24(21,22)23/h2-10,18H,1H2,(H,19,20)(H,21,22,23). The number of rotatable bonds is 3. The molecule has 0 radical (unpaired) electrons. The SMILES string of the molecule is C=c1[nH][nH]c(=O)c1=C(c1ccccc1)c1ccccc1S(=O)(=O)O. The molecule has 0 fully saturated rings. The molecule has 24 heavy (non-hydrogen) atoms. The van der Waals surface area contributed by atoms with E-state index >= 15 is 0 Å². The van der Waals surface area contributed by atoms with Crippen molar-refractivity contribution in [2.45, 2.75) is 4.90 Å². The zero-order chi connectivity index (χ0) is 17.3. The molecule has 6 nitrogen and oxygen atoms in total. The number of hydrogen-bond acceptors (Lipinski definition) is 3. The number of aromatic nitrogens is 2. The maximum atomic E-state index is 12.2. The monoisotopic (exact) mass is 342 g/mol. The molecular formula is C17H14N2O4S. The van der Waals surface area contributed by atoms with Crippen LogP contribution in [0.3, 0.4) is 0 Å². The van der Waals surface area contributed by atoms with Crippen molar-refractivity contribution in [3.05, 3.63) is 86.6 Å². The minimum Gasteiger partial charge on any atom is -0.298 e. The van der Waals surface area contributed by atoms with E-state index in [4.69, 9.17) is 0 Å². The largest absolute Gasteiger partial charge is 0.298 e. The van der Waals surface area contributed by atoms with Gasteiger partial charge in [-0.3, -0.25) is 19.5 Å². The summed E-state index contributed by atoms with van der Waals surface area (Å²) in [7, 11) is -4.47. The van der Waals surface area contributed by atoms with Crippen molar-refractivity contribution < 1.29 is 13.0 Å². The molecule has 0 atom stereocenters. The van der Waals surface area contributed by atoms with Gasteiger partial charge in [0.1, 0.15) is 4.90 Å². The van der Waals surface area contributed by atoms with Crippen LogP contribution in [-0.2, 0) is 10.1 Å². The van der Waals surface area contributed by atoms with Gasteiger partial charge in [-0.25, -0.2) is 0 Å². The van der Waals surface area contributed by atoms with E-state index in [0.717, 1.165) is 0 Å². The summed E-state index contributed by atoms with van der Waals surface area (Å²) in [6.45, 7) is 3.79. The molecule has 0 aliphatic carbocycles. The van der Waals surface area contributed by atoms with E-state index < -0.39 is 15.7 Å². The third kappa shape index (κ3) is 2.82. The van der Waals surface area contributed by atoms with Crippen LogP contribution in [0.25, 0.3) is 12.2 Å². The maximum absolute atomic E-state index is 12.2. The van der Waals surface area contributed by atoms with E-state index in [0.29, 0.717) is 16.5 Å². The molecule has 3 N–H and O–H groups in total. The lowest BCUT2D eigenvalue weighted by molar-refractivity contribution is 0.483. The van der Waals surface area contributed by atoms with Gasteiger partial charge in [0, 0.05) is 11.1 Å². The summed E-state index contributed by atoms with van der Waals surface area (Å²) < 4.78 is 33.1. The van der Waals surface area contributed by atoms with Crippen molar-refractivity contribution >= 4 is 22.3 Å². The summed E-state index contributed by atoms with van der Waals surface area (Å²) >= 11 is 0. The first kappa shape index (κ1) is 16.0. The van der Waals surface area contributed by atoms with Crippen LogP contribution in [0.2, 0.25) is 0 Å². The molecule has 0 amide bonds. The Morgan fingerprint density at radius 2 is 1.58 bits per heavy atom. The topological polar surface area (TPSA) is 103 Å². The molecule has 122 valence electrons. The summed E-state index contributed by atoms with van der Waals surface area (Å²) in [5.41, 5.74) is 0.796. The summed E-state index contributed by atoms with van der Waals surface area (Å²) in [6, 6.07) is 14.8. The number of aromatic amines is 2. The molecule has 3 rings (SSSR count). The molecule has 0 aliphatic heterocycles. The fourth-order valence-electron chi connectivity index (χ4n) is 2.60. The van der Waals surface area contributed by atoms with E-state index in [9.17, 15) is 17.8 Å². The molecule has 7 heteroatoms. The zero-order valence-corrected chi connectivity index (χ0v) is 13.3. The lowest BCUT2D eigenvalue weighted by Crippen LogP contribution is -2.35. The first-order valence-corrected chi connectivity index (χ1v) is 8.46. The first-order chi connectivity index (χ1) is 11.4. The molecule has 0 bridgehead atoms. The van der Waals surface area contributed by atoms with Gasteiger partial charge in [-0.1, -0.05) is 55.1 Å². The molecule has 0 spiro atoms. The number of hydrogen-bond donors (Lipinski definition) is 3. The summed E-state index contributed by atoms with van der Waals surface area (Å²) in [5, 5.41) is 5.62. The lowest BCUT2D eigenvalue weighted by atomic mass is 9.96. The van der Waals surface area contributed by atoms with Gasteiger partial charge in [0.15, 0.2) is 0 Å². The van der Waals surface area contributed by atoms with Crippen LogP contribution < -0.4 is 16.1 Å². The second-order valence-electron chi connectivity index (χ2n) is 5.14. The fraction of sp³-hybridized carbons (Fsp3) is 0. The first-order valence-electron chi connectivity index (χ1n) is 7.02. The van der Waals surface area contributed by atoms with Gasteiger partial charge in [-0.05, 0) is 11.6 Å². The van der Waals surface area contributed by atoms with E-state index in [1.54, 1.807) is 30.3 Å². The Bertz CT molecular complexity index is 1130. The maximum Gasteiger partial charge on any atom is 0.295 e. The van der Waals surface area contributed by atoms with Crippen LogP contribution in [0.1, 0.15) is 11.1 Å². The van der Waals surface area contributed by atoms with Crippen molar-refractivity contribution in [3.8, 4) is 0 Å². The van der Waals surface area contributed by atoms with Crippen LogP contribution in [-0.4, -0.2) is 23.2 Å². The molecule has 0 aliphatic rings. The average Bonchev–Trinajstić information content (AvgIpc) is 2.88. The van der Waals surface area contributed by atoms with Gasteiger partial charge in [-0.2, -0.15) is 8.42 Å². The highest BCUT2D eigenvalue weighted by Gasteiger charge is 2.20. The van der Waals surface area contributed by atoms with Gasteiger partial charge in [0.25, 0.3) is 15.7 Å². The summed E-state index contributed by atoms with van der Waals surface area (Å²) in [6.07, 6.45) is 0. The predicted octanol–water partition coefficient (Wildman–Crippen LogP) is 0.607. The Balaban J connectivity index is 2.56. The van der Waals surface area contributed by atoms with Crippen molar-refractivity contribution in [1.29, 1.82) is 0 Å². The highest BCUT2D eigenvalue weighted by atomic mass is 32.2. The third-order valence-corrected chi connectivity index (χ3v) is 4.51. The number of benzene rings is 2. The van der Waals surface area contributed by atoms with Gasteiger partial charge < -0.3 is 0 Å². The van der Waals surface area contributed by atoms with E-state index in [2.05, 4.69) is 16.8 Å². The van der Waals surface area contributed by atoms with Gasteiger partial charge in [-0.15, -0.1) is 0 Å². The Morgan fingerprint density at radius 1 is 0.958 bits per heavy atom. The summed E-state index contributed by atoms with van der Waals surface area (Å²) in [4.78, 5) is 12.0. The van der Waals surface area contributed by atoms with Crippen LogP contribution >= 0.6 is 0 Å². The molecule has 2 aromatic carbocycles. The fourth-order valence-corrected chi connectivity index (χ4v) is 3.29.